The number of amides is 1. The Balaban J connectivity index is 2.31. The summed E-state index contributed by atoms with van der Waals surface area (Å²) < 4.78 is 13.5. The van der Waals surface area contributed by atoms with Crippen LogP contribution in [0.2, 0.25) is 0 Å². The SMILES string of the molecule is CCC(NC1CCCCC1)(C(N)=O)c1cccc(F)c1. The molecule has 1 amide bonds. The van der Waals surface area contributed by atoms with Crippen LogP contribution in [0.1, 0.15) is 51.0 Å². The van der Waals surface area contributed by atoms with Crippen LogP contribution in [0.4, 0.5) is 4.39 Å². The van der Waals surface area contributed by atoms with Crippen LogP contribution in [0.5, 0.6) is 0 Å². The molecule has 3 nitrogen and oxygen atoms in total. The molecule has 20 heavy (non-hydrogen) atoms. The highest BCUT2D eigenvalue weighted by Crippen LogP contribution is 2.29. The lowest BCUT2D eigenvalue weighted by molar-refractivity contribution is -0.125. The van der Waals surface area contributed by atoms with Gasteiger partial charge in [-0.1, -0.05) is 38.3 Å². The third-order valence-electron chi connectivity index (χ3n) is 4.32. The summed E-state index contributed by atoms with van der Waals surface area (Å²) in [6, 6.07) is 6.46. The number of hydrogen-bond donors (Lipinski definition) is 2. The van der Waals surface area contributed by atoms with Gasteiger partial charge in [-0.15, -0.1) is 0 Å². The van der Waals surface area contributed by atoms with Crippen LogP contribution in [-0.4, -0.2) is 11.9 Å². The molecule has 0 spiro atoms. The van der Waals surface area contributed by atoms with Gasteiger partial charge in [0, 0.05) is 6.04 Å². The smallest absolute Gasteiger partial charge is 0.242 e. The first-order valence-corrected chi connectivity index (χ1v) is 7.42. The van der Waals surface area contributed by atoms with Crippen molar-refractivity contribution in [2.24, 2.45) is 5.73 Å². The Bertz CT molecular complexity index is 471. The van der Waals surface area contributed by atoms with Crippen LogP contribution in [0, 0.1) is 5.82 Å². The average molecular weight is 278 g/mol. The number of hydrogen-bond acceptors (Lipinski definition) is 2. The van der Waals surface area contributed by atoms with E-state index in [1.165, 1.54) is 31.4 Å². The van der Waals surface area contributed by atoms with Gasteiger partial charge in [0.05, 0.1) is 0 Å². The zero-order valence-electron chi connectivity index (χ0n) is 12.0. The molecule has 1 atom stereocenters. The number of primary amides is 1. The third-order valence-corrected chi connectivity index (χ3v) is 4.32. The Labute approximate surface area is 119 Å². The molecule has 1 aromatic rings. The minimum atomic E-state index is -0.968. The van der Waals surface area contributed by atoms with Crippen LogP contribution in [-0.2, 0) is 10.3 Å². The second-order valence-electron chi connectivity index (χ2n) is 5.61. The third kappa shape index (κ3) is 3.01. The predicted octanol–water partition coefficient (Wildman–Crippen LogP) is 2.84. The second-order valence-corrected chi connectivity index (χ2v) is 5.61. The zero-order chi connectivity index (χ0) is 14.6. The van der Waals surface area contributed by atoms with E-state index >= 15 is 0 Å². The van der Waals surface area contributed by atoms with Crippen molar-refractivity contribution in [1.82, 2.24) is 5.32 Å². The van der Waals surface area contributed by atoms with Crippen molar-refractivity contribution < 1.29 is 9.18 Å². The molecule has 0 aromatic heterocycles. The van der Waals surface area contributed by atoms with Crippen LogP contribution < -0.4 is 11.1 Å². The van der Waals surface area contributed by atoms with Crippen LogP contribution >= 0.6 is 0 Å². The van der Waals surface area contributed by atoms with E-state index in [2.05, 4.69) is 5.32 Å². The monoisotopic (exact) mass is 278 g/mol. The Morgan fingerprint density at radius 3 is 2.65 bits per heavy atom. The molecular formula is C16H23FN2O. The van der Waals surface area contributed by atoms with E-state index in [0.29, 0.717) is 12.0 Å². The van der Waals surface area contributed by atoms with Crippen molar-refractivity contribution in [3.63, 3.8) is 0 Å². The Morgan fingerprint density at radius 1 is 1.40 bits per heavy atom. The summed E-state index contributed by atoms with van der Waals surface area (Å²) in [7, 11) is 0. The molecule has 1 aliphatic rings. The van der Waals surface area contributed by atoms with Gasteiger partial charge in [-0.3, -0.25) is 10.1 Å². The maximum Gasteiger partial charge on any atom is 0.242 e. The first-order valence-electron chi connectivity index (χ1n) is 7.42. The molecule has 1 aromatic carbocycles. The first kappa shape index (κ1) is 15.0. The van der Waals surface area contributed by atoms with Crippen molar-refractivity contribution in [1.29, 1.82) is 0 Å². The molecule has 4 heteroatoms. The summed E-state index contributed by atoms with van der Waals surface area (Å²) in [5.41, 5.74) is 5.31. The molecule has 3 N–H and O–H groups in total. The fraction of sp³-hybridized carbons (Fsp3) is 0.562. The summed E-state index contributed by atoms with van der Waals surface area (Å²) in [4.78, 5) is 12.1. The van der Waals surface area contributed by atoms with Gasteiger partial charge in [-0.2, -0.15) is 0 Å². The summed E-state index contributed by atoms with van der Waals surface area (Å²) in [6.07, 6.45) is 6.18. The van der Waals surface area contributed by atoms with E-state index in [9.17, 15) is 9.18 Å². The van der Waals surface area contributed by atoms with Gasteiger partial charge in [0.1, 0.15) is 11.4 Å². The summed E-state index contributed by atoms with van der Waals surface area (Å²) in [5.74, 6) is -0.775. The van der Waals surface area contributed by atoms with E-state index < -0.39 is 11.4 Å². The molecular weight excluding hydrogens is 255 g/mol. The Morgan fingerprint density at radius 2 is 2.10 bits per heavy atom. The molecule has 1 aliphatic carbocycles. The summed E-state index contributed by atoms with van der Waals surface area (Å²) in [6.45, 7) is 1.91. The van der Waals surface area contributed by atoms with Gasteiger partial charge in [-0.05, 0) is 37.0 Å². The highest BCUT2D eigenvalue weighted by Gasteiger charge is 2.38. The first-order chi connectivity index (χ1) is 9.58. The largest absolute Gasteiger partial charge is 0.368 e. The van der Waals surface area contributed by atoms with Crippen LogP contribution in [0.3, 0.4) is 0 Å². The quantitative estimate of drug-likeness (QED) is 0.870. The molecule has 1 unspecified atom stereocenters. The van der Waals surface area contributed by atoms with Crippen molar-refractivity contribution in [3.05, 3.63) is 35.6 Å². The molecule has 110 valence electrons. The minimum Gasteiger partial charge on any atom is -0.368 e. The molecule has 0 heterocycles. The van der Waals surface area contributed by atoms with Gasteiger partial charge < -0.3 is 5.73 Å². The van der Waals surface area contributed by atoms with Crippen molar-refractivity contribution in [3.8, 4) is 0 Å². The van der Waals surface area contributed by atoms with E-state index in [-0.39, 0.29) is 11.9 Å². The maximum absolute atomic E-state index is 13.5. The normalized spacial score (nSPS) is 19.5. The lowest BCUT2D eigenvalue weighted by Crippen LogP contribution is -2.56. The number of carbonyl (C=O) groups is 1. The van der Waals surface area contributed by atoms with Gasteiger partial charge >= 0.3 is 0 Å². The number of nitrogens with one attached hydrogen (secondary N) is 1. The highest BCUT2D eigenvalue weighted by molar-refractivity contribution is 5.86. The number of nitrogens with two attached hydrogens (primary N) is 1. The molecule has 1 fully saturated rings. The van der Waals surface area contributed by atoms with Gasteiger partial charge in [0.25, 0.3) is 0 Å². The second kappa shape index (κ2) is 6.35. The highest BCUT2D eigenvalue weighted by atomic mass is 19.1. The van der Waals surface area contributed by atoms with Crippen molar-refractivity contribution in [2.75, 3.05) is 0 Å². The average Bonchev–Trinajstić information content (AvgIpc) is 2.45. The Kier molecular flexibility index (Phi) is 4.76. The molecule has 1 saturated carbocycles. The molecule has 0 radical (unpaired) electrons. The van der Waals surface area contributed by atoms with Gasteiger partial charge in [0.2, 0.25) is 5.91 Å². The number of halogens is 1. The van der Waals surface area contributed by atoms with Gasteiger partial charge in [-0.25, -0.2) is 4.39 Å². The topological polar surface area (TPSA) is 55.1 Å². The molecule has 0 aliphatic heterocycles. The minimum absolute atomic E-state index is 0.277. The van der Waals surface area contributed by atoms with Gasteiger partial charge in [0.15, 0.2) is 0 Å². The lowest BCUT2D eigenvalue weighted by atomic mass is 9.83. The lowest BCUT2D eigenvalue weighted by Gasteiger charge is -2.37. The van der Waals surface area contributed by atoms with Crippen LogP contribution in [0.25, 0.3) is 0 Å². The summed E-state index contributed by atoms with van der Waals surface area (Å²) in [5, 5.41) is 3.42. The maximum atomic E-state index is 13.5. The number of benzene rings is 1. The van der Waals surface area contributed by atoms with Crippen LogP contribution in [0.15, 0.2) is 24.3 Å². The van der Waals surface area contributed by atoms with E-state index in [0.717, 1.165) is 12.8 Å². The van der Waals surface area contributed by atoms with Crippen molar-refractivity contribution in [2.45, 2.75) is 57.0 Å². The van der Waals surface area contributed by atoms with E-state index in [1.807, 2.05) is 6.92 Å². The fourth-order valence-electron chi connectivity index (χ4n) is 3.13. The zero-order valence-corrected chi connectivity index (χ0v) is 12.0. The van der Waals surface area contributed by atoms with Crippen molar-refractivity contribution >= 4 is 5.91 Å². The summed E-state index contributed by atoms with van der Waals surface area (Å²) >= 11 is 0. The predicted molar refractivity (Wildman–Crippen MR) is 77.6 cm³/mol. The number of carbonyl (C=O) groups excluding carboxylic acids is 1. The standard InChI is InChI=1S/C16H23FN2O/c1-2-16(15(18)20,12-7-6-8-13(17)11-12)19-14-9-4-3-5-10-14/h6-8,11,14,19H,2-5,9-10H2,1H3,(H2,18,20). The van der Waals surface area contributed by atoms with E-state index in [4.69, 9.17) is 5.73 Å². The Hall–Kier alpha value is -1.42. The number of rotatable bonds is 5. The fourth-order valence-corrected chi connectivity index (χ4v) is 3.13. The molecule has 0 bridgehead atoms. The molecule has 0 saturated heterocycles. The van der Waals surface area contributed by atoms with E-state index in [1.54, 1.807) is 12.1 Å². The molecule has 2 rings (SSSR count).